The van der Waals surface area contributed by atoms with E-state index < -0.39 is 18.0 Å². The van der Waals surface area contributed by atoms with E-state index in [0.717, 1.165) is 5.56 Å². The van der Waals surface area contributed by atoms with Gasteiger partial charge in [0.05, 0.1) is 5.56 Å². The second kappa shape index (κ2) is 8.19. The molecule has 1 amide bonds. The molecule has 0 radical (unpaired) electrons. The zero-order chi connectivity index (χ0) is 19.2. The van der Waals surface area contributed by atoms with E-state index in [2.05, 4.69) is 5.32 Å². The first kappa shape index (κ1) is 18.2. The van der Waals surface area contributed by atoms with Gasteiger partial charge in [-0.25, -0.2) is 4.79 Å². The Hall–Kier alpha value is -3.60. The normalized spacial score (nSPS) is 11.4. The van der Waals surface area contributed by atoms with Gasteiger partial charge in [-0.3, -0.25) is 4.79 Å². The van der Waals surface area contributed by atoms with Crippen LogP contribution in [-0.2, 0) is 9.53 Å². The third kappa shape index (κ3) is 4.73. The number of hydrogen-bond donors (Lipinski definition) is 2. The molecule has 0 saturated carbocycles. The van der Waals surface area contributed by atoms with Crippen molar-refractivity contribution in [3.05, 3.63) is 95.6 Å². The predicted octanol–water partition coefficient (Wildman–Crippen LogP) is 4.24. The van der Waals surface area contributed by atoms with E-state index in [1.807, 2.05) is 25.1 Å². The standard InChI is InChI=1S/C22H19NO4/c1-15-7-11-18(12-8-15)23-21(25)20(16-5-3-2-4-6-16)27-22(26)17-9-13-19(24)14-10-17/h2-14,20,24H,1H3,(H,23,25)/t20-/m0/s1. The Kier molecular flexibility index (Phi) is 5.52. The number of nitrogens with one attached hydrogen (secondary N) is 1. The third-order valence-corrected chi connectivity index (χ3v) is 3.99. The van der Waals surface area contributed by atoms with Gasteiger partial charge in [0.15, 0.2) is 0 Å². The highest BCUT2D eigenvalue weighted by atomic mass is 16.5. The van der Waals surface area contributed by atoms with Crippen molar-refractivity contribution in [1.29, 1.82) is 0 Å². The van der Waals surface area contributed by atoms with Crippen molar-refractivity contribution in [2.45, 2.75) is 13.0 Å². The molecule has 3 aromatic rings. The summed E-state index contributed by atoms with van der Waals surface area (Å²) in [5, 5.41) is 12.1. The van der Waals surface area contributed by atoms with Crippen LogP contribution >= 0.6 is 0 Å². The largest absolute Gasteiger partial charge is 0.508 e. The van der Waals surface area contributed by atoms with Crippen LogP contribution in [0.5, 0.6) is 5.75 Å². The summed E-state index contributed by atoms with van der Waals surface area (Å²) in [6.45, 7) is 1.96. The van der Waals surface area contributed by atoms with Crippen LogP contribution in [0, 0.1) is 6.92 Å². The maximum Gasteiger partial charge on any atom is 0.339 e. The molecule has 27 heavy (non-hydrogen) atoms. The molecule has 5 nitrogen and oxygen atoms in total. The zero-order valence-electron chi connectivity index (χ0n) is 14.8. The van der Waals surface area contributed by atoms with Crippen molar-refractivity contribution in [3.8, 4) is 5.75 Å². The fourth-order valence-electron chi connectivity index (χ4n) is 2.52. The smallest absolute Gasteiger partial charge is 0.339 e. The molecule has 0 aliphatic heterocycles. The van der Waals surface area contributed by atoms with Gasteiger partial charge in [-0.2, -0.15) is 0 Å². The lowest BCUT2D eigenvalue weighted by atomic mass is 10.1. The highest BCUT2D eigenvalue weighted by Gasteiger charge is 2.25. The lowest BCUT2D eigenvalue weighted by Gasteiger charge is -2.18. The van der Waals surface area contributed by atoms with Gasteiger partial charge in [0.25, 0.3) is 5.91 Å². The minimum absolute atomic E-state index is 0.0447. The molecule has 0 heterocycles. The number of ether oxygens (including phenoxy) is 1. The summed E-state index contributed by atoms with van der Waals surface area (Å²) in [4.78, 5) is 25.2. The Balaban J connectivity index is 1.82. The average molecular weight is 361 g/mol. The van der Waals surface area contributed by atoms with Crippen molar-refractivity contribution in [3.63, 3.8) is 0 Å². The summed E-state index contributed by atoms with van der Waals surface area (Å²) >= 11 is 0. The van der Waals surface area contributed by atoms with Crippen molar-refractivity contribution < 1.29 is 19.4 Å². The summed E-state index contributed by atoms with van der Waals surface area (Å²) in [7, 11) is 0. The SMILES string of the molecule is Cc1ccc(NC(=O)[C@@H](OC(=O)c2ccc(O)cc2)c2ccccc2)cc1. The molecular weight excluding hydrogens is 342 g/mol. The molecule has 0 fully saturated rings. The minimum Gasteiger partial charge on any atom is -0.508 e. The van der Waals surface area contributed by atoms with E-state index in [4.69, 9.17) is 4.74 Å². The van der Waals surface area contributed by atoms with E-state index in [9.17, 15) is 14.7 Å². The number of hydrogen-bond acceptors (Lipinski definition) is 4. The molecule has 3 rings (SSSR count). The topological polar surface area (TPSA) is 75.6 Å². The van der Waals surface area contributed by atoms with Crippen LogP contribution in [0.1, 0.15) is 27.6 Å². The molecule has 0 bridgehead atoms. The fourth-order valence-corrected chi connectivity index (χ4v) is 2.52. The summed E-state index contributed by atoms with van der Waals surface area (Å²) < 4.78 is 5.49. The summed E-state index contributed by atoms with van der Waals surface area (Å²) in [6.07, 6.45) is -1.10. The fraction of sp³-hybridized carbons (Fsp3) is 0.0909. The zero-order valence-corrected chi connectivity index (χ0v) is 14.8. The second-order valence-corrected chi connectivity index (χ2v) is 6.10. The van der Waals surface area contributed by atoms with Crippen LogP contribution in [0.3, 0.4) is 0 Å². The number of carbonyl (C=O) groups is 2. The summed E-state index contributed by atoms with van der Waals surface area (Å²) in [5.41, 5.74) is 2.50. The Morgan fingerprint density at radius 3 is 2.15 bits per heavy atom. The molecule has 0 aromatic heterocycles. The van der Waals surface area contributed by atoms with Gasteiger partial charge in [-0.15, -0.1) is 0 Å². The van der Waals surface area contributed by atoms with Crippen LogP contribution in [0.25, 0.3) is 0 Å². The van der Waals surface area contributed by atoms with E-state index in [0.29, 0.717) is 11.3 Å². The number of aryl methyl sites for hydroxylation is 1. The molecule has 3 aromatic carbocycles. The highest BCUT2D eigenvalue weighted by Crippen LogP contribution is 2.22. The van der Waals surface area contributed by atoms with Crippen molar-refractivity contribution in [2.75, 3.05) is 5.32 Å². The molecule has 5 heteroatoms. The van der Waals surface area contributed by atoms with Gasteiger partial charge in [0, 0.05) is 11.3 Å². The maximum absolute atomic E-state index is 12.8. The highest BCUT2D eigenvalue weighted by molar-refractivity contribution is 5.98. The van der Waals surface area contributed by atoms with Crippen LogP contribution in [0.15, 0.2) is 78.9 Å². The minimum atomic E-state index is -1.10. The van der Waals surface area contributed by atoms with Crippen LogP contribution < -0.4 is 5.32 Å². The van der Waals surface area contributed by atoms with E-state index in [1.54, 1.807) is 36.4 Å². The quantitative estimate of drug-likeness (QED) is 0.667. The van der Waals surface area contributed by atoms with Crippen molar-refractivity contribution >= 4 is 17.6 Å². The summed E-state index contributed by atoms with van der Waals surface area (Å²) in [6, 6.07) is 21.8. The Bertz CT molecular complexity index is 919. The monoisotopic (exact) mass is 361 g/mol. The number of phenolic OH excluding ortho intramolecular Hbond substituents is 1. The number of esters is 1. The van der Waals surface area contributed by atoms with Crippen molar-refractivity contribution in [2.24, 2.45) is 0 Å². The first-order chi connectivity index (χ1) is 13.0. The second-order valence-electron chi connectivity index (χ2n) is 6.10. The Morgan fingerprint density at radius 1 is 0.889 bits per heavy atom. The number of amides is 1. The van der Waals surface area contributed by atoms with Crippen LogP contribution in [0.2, 0.25) is 0 Å². The van der Waals surface area contributed by atoms with Crippen molar-refractivity contribution in [1.82, 2.24) is 0 Å². The van der Waals surface area contributed by atoms with Gasteiger partial charge in [0.1, 0.15) is 5.75 Å². The Labute approximate surface area is 157 Å². The van der Waals surface area contributed by atoms with Gasteiger partial charge in [-0.1, -0.05) is 48.0 Å². The molecular formula is C22H19NO4. The third-order valence-electron chi connectivity index (χ3n) is 3.99. The van der Waals surface area contributed by atoms with Gasteiger partial charge in [0.2, 0.25) is 6.10 Å². The number of rotatable bonds is 5. The maximum atomic E-state index is 12.8. The van der Waals surface area contributed by atoms with E-state index in [1.165, 1.54) is 24.3 Å². The lowest BCUT2D eigenvalue weighted by Crippen LogP contribution is -2.26. The number of benzene rings is 3. The predicted molar refractivity (Wildman–Crippen MR) is 103 cm³/mol. The van der Waals surface area contributed by atoms with E-state index >= 15 is 0 Å². The molecule has 0 unspecified atom stereocenters. The average Bonchev–Trinajstić information content (AvgIpc) is 2.69. The first-order valence-electron chi connectivity index (χ1n) is 8.45. The molecule has 0 spiro atoms. The number of aromatic hydroxyl groups is 1. The molecule has 1 atom stereocenters. The van der Waals surface area contributed by atoms with Gasteiger partial charge < -0.3 is 15.2 Å². The molecule has 0 saturated heterocycles. The molecule has 0 aliphatic rings. The van der Waals surface area contributed by atoms with Crippen LogP contribution in [0.4, 0.5) is 5.69 Å². The molecule has 0 aliphatic carbocycles. The molecule has 136 valence electrons. The van der Waals surface area contributed by atoms with Gasteiger partial charge in [-0.05, 0) is 43.3 Å². The number of phenols is 1. The van der Waals surface area contributed by atoms with E-state index in [-0.39, 0.29) is 11.3 Å². The first-order valence-corrected chi connectivity index (χ1v) is 8.45. The van der Waals surface area contributed by atoms with Crippen LogP contribution in [-0.4, -0.2) is 17.0 Å². The lowest BCUT2D eigenvalue weighted by molar-refractivity contribution is -0.125. The number of carbonyl (C=O) groups excluding carboxylic acids is 2. The van der Waals surface area contributed by atoms with Gasteiger partial charge >= 0.3 is 5.97 Å². The summed E-state index contributed by atoms with van der Waals surface area (Å²) in [5.74, 6) is -1.05. The Morgan fingerprint density at radius 2 is 1.52 bits per heavy atom. The molecule has 2 N–H and O–H groups in total. The number of anilines is 1.